The maximum absolute atomic E-state index is 13.0. The first-order chi connectivity index (χ1) is 17.2. The normalized spacial score (nSPS) is 15.6. The maximum atomic E-state index is 13.0. The Hall–Kier alpha value is -2.63. The minimum absolute atomic E-state index is 0.0141. The lowest BCUT2D eigenvalue weighted by atomic mass is 10.0. The second-order valence-corrected chi connectivity index (χ2v) is 11.3. The van der Waals surface area contributed by atoms with Crippen molar-refractivity contribution in [3.63, 3.8) is 0 Å². The van der Waals surface area contributed by atoms with E-state index in [4.69, 9.17) is 37.8 Å². The Balaban J connectivity index is 1.60. The minimum Gasteiger partial charge on any atom is -0.494 e. The number of hydrogen-bond acceptors (Lipinski definition) is 8. The van der Waals surface area contributed by atoms with Crippen LogP contribution in [0.1, 0.15) is 34.6 Å². The molecule has 0 saturated heterocycles. The lowest BCUT2D eigenvalue weighted by molar-refractivity contribution is 0.0602. The fraction of sp³-hybridized carbons (Fsp3) is 0.250. The molecule has 0 saturated carbocycles. The molecule has 36 heavy (non-hydrogen) atoms. The molecule has 0 bridgehead atoms. The zero-order valence-corrected chi connectivity index (χ0v) is 22.5. The van der Waals surface area contributed by atoms with Crippen molar-refractivity contribution in [2.75, 3.05) is 25.3 Å². The number of hydrogen-bond donors (Lipinski definition) is 1. The third-order valence-electron chi connectivity index (χ3n) is 5.46. The predicted octanol–water partition coefficient (Wildman–Crippen LogP) is 5.53. The molecular formula is C24H23Cl2N3O5S2. The molecule has 1 N–H and O–H groups in total. The summed E-state index contributed by atoms with van der Waals surface area (Å²) in [6.45, 7) is 2.43. The maximum Gasteiger partial charge on any atom is 0.349 e. The number of hydrazone groups is 1. The van der Waals surface area contributed by atoms with Crippen LogP contribution in [0.25, 0.3) is 0 Å². The number of thiophene rings is 1. The second kappa shape index (κ2) is 11.2. The number of carbonyl (C=O) groups excluding carboxylic acids is 1. The summed E-state index contributed by atoms with van der Waals surface area (Å²) in [7, 11) is -2.77. The van der Waals surface area contributed by atoms with Gasteiger partial charge in [0.05, 0.1) is 42.7 Å². The molecule has 12 heteroatoms. The number of rotatable bonds is 9. The molecule has 0 amide bonds. The predicted molar refractivity (Wildman–Crippen MR) is 142 cm³/mol. The Kier molecular flexibility index (Phi) is 8.21. The summed E-state index contributed by atoms with van der Waals surface area (Å²) in [5.41, 5.74) is 2.19. The summed E-state index contributed by atoms with van der Waals surface area (Å²) in [6, 6.07) is 13.9. The Morgan fingerprint density at radius 3 is 2.61 bits per heavy atom. The molecule has 1 atom stereocenters. The minimum atomic E-state index is -3.98. The van der Waals surface area contributed by atoms with Gasteiger partial charge in [0, 0.05) is 11.4 Å². The summed E-state index contributed by atoms with van der Waals surface area (Å²) in [5, 5.41) is 8.91. The van der Waals surface area contributed by atoms with Crippen molar-refractivity contribution >= 4 is 61.9 Å². The van der Waals surface area contributed by atoms with Crippen molar-refractivity contribution in [2.45, 2.75) is 24.3 Å². The van der Waals surface area contributed by atoms with Crippen molar-refractivity contribution in [3.8, 4) is 5.75 Å². The molecular weight excluding hydrogens is 545 g/mol. The van der Waals surface area contributed by atoms with E-state index in [0.717, 1.165) is 22.6 Å². The standard InChI is InChI=1S/C24H23Cl2N3O5S2/c1-3-34-18-7-4-15(5-8-18)21-13-17(28-29(21)20-9-6-16(25)12-19(20)26)14-27-36(31,32)22-10-11-35-23(22)24(30)33-2/h4-12,21,27H,3,13-14H2,1-2H3. The zero-order chi connectivity index (χ0) is 25.9. The summed E-state index contributed by atoms with van der Waals surface area (Å²) < 4.78 is 38.7. The van der Waals surface area contributed by atoms with Crippen LogP contribution >= 0.6 is 34.5 Å². The largest absolute Gasteiger partial charge is 0.494 e. The molecule has 2 heterocycles. The van der Waals surface area contributed by atoms with Crippen molar-refractivity contribution in [2.24, 2.45) is 5.10 Å². The van der Waals surface area contributed by atoms with E-state index < -0.39 is 16.0 Å². The SMILES string of the molecule is CCOc1ccc(C2CC(CNS(=O)(=O)c3ccsc3C(=O)OC)=NN2c2ccc(Cl)cc2Cl)cc1. The van der Waals surface area contributed by atoms with E-state index in [1.807, 2.05) is 31.2 Å². The van der Waals surface area contributed by atoms with Gasteiger partial charge in [0.15, 0.2) is 0 Å². The van der Waals surface area contributed by atoms with Crippen LogP contribution in [0.3, 0.4) is 0 Å². The number of sulfonamides is 1. The third-order valence-corrected chi connectivity index (χ3v) is 8.47. The van der Waals surface area contributed by atoms with Crippen LogP contribution in [0.15, 0.2) is 63.9 Å². The van der Waals surface area contributed by atoms with Crippen molar-refractivity contribution < 1.29 is 22.7 Å². The summed E-state index contributed by atoms with van der Waals surface area (Å²) in [6.07, 6.45) is 0.447. The van der Waals surface area contributed by atoms with Gasteiger partial charge in [0.25, 0.3) is 0 Å². The highest BCUT2D eigenvalue weighted by Crippen LogP contribution is 2.40. The highest BCUT2D eigenvalue weighted by atomic mass is 35.5. The van der Waals surface area contributed by atoms with Crippen LogP contribution in [0.4, 0.5) is 5.69 Å². The van der Waals surface area contributed by atoms with Crippen LogP contribution in [0.5, 0.6) is 5.75 Å². The number of carbonyl (C=O) groups is 1. The summed E-state index contributed by atoms with van der Waals surface area (Å²) in [5.74, 6) is 0.0455. The topological polar surface area (TPSA) is 97.3 Å². The number of methoxy groups -OCH3 is 1. The molecule has 1 aliphatic heterocycles. The van der Waals surface area contributed by atoms with Crippen LogP contribution in [0.2, 0.25) is 10.0 Å². The van der Waals surface area contributed by atoms with Gasteiger partial charge >= 0.3 is 5.97 Å². The molecule has 0 spiro atoms. The smallest absolute Gasteiger partial charge is 0.349 e. The molecule has 8 nitrogen and oxygen atoms in total. The molecule has 190 valence electrons. The van der Waals surface area contributed by atoms with E-state index in [0.29, 0.717) is 34.5 Å². The van der Waals surface area contributed by atoms with Crippen molar-refractivity contribution in [1.82, 2.24) is 4.72 Å². The average molecular weight is 569 g/mol. The zero-order valence-electron chi connectivity index (χ0n) is 19.4. The number of nitrogens with one attached hydrogen (secondary N) is 1. The van der Waals surface area contributed by atoms with Crippen LogP contribution in [0, 0.1) is 0 Å². The van der Waals surface area contributed by atoms with Gasteiger partial charge < -0.3 is 9.47 Å². The average Bonchev–Trinajstić information content (AvgIpc) is 3.51. The number of anilines is 1. The Morgan fingerprint density at radius 2 is 1.94 bits per heavy atom. The summed E-state index contributed by atoms with van der Waals surface area (Å²) in [4.78, 5) is 11.8. The first kappa shape index (κ1) is 26.4. The van der Waals surface area contributed by atoms with Gasteiger partial charge in [0.2, 0.25) is 10.0 Å². The number of esters is 1. The van der Waals surface area contributed by atoms with Gasteiger partial charge in [-0.3, -0.25) is 5.01 Å². The van der Waals surface area contributed by atoms with Gasteiger partial charge in [-0.2, -0.15) is 5.10 Å². The van der Waals surface area contributed by atoms with Crippen LogP contribution in [-0.4, -0.2) is 40.4 Å². The van der Waals surface area contributed by atoms with Gasteiger partial charge in [-0.25, -0.2) is 17.9 Å². The van der Waals surface area contributed by atoms with Gasteiger partial charge in [-0.1, -0.05) is 35.3 Å². The lowest BCUT2D eigenvalue weighted by Crippen LogP contribution is -2.30. The highest BCUT2D eigenvalue weighted by molar-refractivity contribution is 7.89. The van der Waals surface area contributed by atoms with E-state index >= 15 is 0 Å². The first-order valence-corrected chi connectivity index (χ1v) is 14.0. The first-order valence-electron chi connectivity index (χ1n) is 10.9. The highest BCUT2D eigenvalue weighted by Gasteiger charge is 2.32. The van der Waals surface area contributed by atoms with Crippen molar-refractivity contribution in [1.29, 1.82) is 0 Å². The Bertz CT molecular complexity index is 1390. The van der Waals surface area contributed by atoms with E-state index in [9.17, 15) is 13.2 Å². The molecule has 3 aromatic rings. The fourth-order valence-corrected chi connectivity index (χ4v) is 6.63. The molecule has 1 aliphatic rings. The molecule has 0 aliphatic carbocycles. The van der Waals surface area contributed by atoms with Crippen LogP contribution < -0.4 is 14.5 Å². The number of halogens is 2. The van der Waals surface area contributed by atoms with Crippen molar-refractivity contribution in [3.05, 3.63) is 74.4 Å². The van der Waals surface area contributed by atoms with E-state index in [2.05, 4.69) is 4.72 Å². The van der Waals surface area contributed by atoms with Gasteiger partial charge in [-0.15, -0.1) is 11.3 Å². The Labute approximate surface area is 223 Å². The monoisotopic (exact) mass is 567 g/mol. The number of ether oxygens (including phenoxy) is 2. The number of nitrogens with zero attached hydrogens (tertiary/aromatic N) is 2. The van der Waals surface area contributed by atoms with Gasteiger partial charge in [0.1, 0.15) is 15.5 Å². The molecule has 1 unspecified atom stereocenters. The molecule has 1 aromatic heterocycles. The van der Waals surface area contributed by atoms with Gasteiger partial charge in [-0.05, 0) is 54.3 Å². The molecule has 2 aromatic carbocycles. The lowest BCUT2D eigenvalue weighted by Gasteiger charge is -2.25. The summed E-state index contributed by atoms with van der Waals surface area (Å²) >= 11 is 13.6. The van der Waals surface area contributed by atoms with E-state index in [-0.39, 0.29) is 22.4 Å². The number of benzene rings is 2. The third kappa shape index (κ3) is 5.68. The quantitative estimate of drug-likeness (QED) is 0.341. The molecule has 0 radical (unpaired) electrons. The van der Waals surface area contributed by atoms with Crippen LogP contribution in [-0.2, 0) is 14.8 Å². The fourth-order valence-electron chi connectivity index (χ4n) is 3.79. The second-order valence-electron chi connectivity index (χ2n) is 7.76. The molecule has 4 rings (SSSR count). The van der Waals surface area contributed by atoms with E-state index in [1.165, 1.54) is 18.6 Å². The van der Waals surface area contributed by atoms with E-state index in [1.54, 1.807) is 23.2 Å². The molecule has 0 fully saturated rings. The Morgan fingerprint density at radius 1 is 1.19 bits per heavy atom.